The molecule has 0 aliphatic carbocycles. The van der Waals surface area contributed by atoms with Crippen LogP contribution in [-0.4, -0.2) is 16.2 Å². The standard InChI is InChI=1S/C14H13FO4/c15-10-3-1-9(2-4-10)12-6-7-13(19-12)11(16)5-8-14(17)18/h1-4,6-7,11,16H,5,8H2,(H,17,18). The van der Waals surface area contributed by atoms with E-state index < -0.39 is 12.1 Å². The number of halogens is 1. The van der Waals surface area contributed by atoms with Crippen molar-refractivity contribution in [2.75, 3.05) is 0 Å². The van der Waals surface area contributed by atoms with Gasteiger partial charge in [0.05, 0.1) is 0 Å². The quantitative estimate of drug-likeness (QED) is 0.870. The molecule has 0 aliphatic rings. The molecule has 100 valence electrons. The molecule has 2 N–H and O–H groups in total. The van der Waals surface area contributed by atoms with Crippen LogP contribution in [0.15, 0.2) is 40.8 Å². The van der Waals surface area contributed by atoms with Crippen molar-refractivity contribution in [3.8, 4) is 11.3 Å². The molecule has 2 rings (SSSR count). The zero-order valence-corrected chi connectivity index (χ0v) is 10.0. The minimum Gasteiger partial charge on any atom is -0.481 e. The maximum Gasteiger partial charge on any atom is 0.303 e. The Morgan fingerprint density at radius 2 is 1.89 bits per heavy atom. The summed E-state index contributed by atoms with van der Waals surface area (Å²) in [6, 6.07) is 9.03. The summed E-state index contributed by atoms with van der Waals surface area (Å²) in [7, 11) is 0. The first kappa shape index (κ1) is 13.3. The minimum absolute atomic E-state index is 0.0890. The zero-order valence-electron chi connectivity index (χ0n) is 10.0. The fraction of sp³-hybridized carbons (Fsp3) is 0.214. The van der Waals surface area contributed by atoms with E-state index in [1.807, 2.05) is 0 Å². The number of aliphatic carboxylic acids is 1. The number of carboxylic acids is 1. The van der Waals surface area contributed by atoms with Crippen LogP contribution in [0, 0.1) is 5.82 Å². The van der Waals surface area contributed by atoms with Crippen LogP contribution in [0.2, 0.25) is 0 Å². The maximum absolute atomic E-state index is 12.8. The highest BCUT2D eigenvalue weighted by molar-refractivity contribution is 5.66. The molecular weight excluding hydrogens is 251 g/mol. The molecule has 0 fully saturated rings. The first-order valence-corrected chi connectivity index (χ1v) is 5.82. The van der Waals surface area contributed by atoms with E-state index in [9.17, 15) is 14.3 Å². The fourth-order valence-electron chi connectivity index (χ4n) is 1.70. The fourth-order valence-corrected chi connectivity index (χ4v) is 1.70. The van der Waals surface area contributed by atoms with Crippen LogP contribution in [-0.2, 0) is 4.79 Å². The lowest BCUT2D eigenvalue weighted by molar-refractivity contribution is -0.137. The molecule has 1 aromatic heterocycles. The predicted molar refractivity (Wildman–Crippen MR) is 65.9 cm³/mol. The van der Waals surface area contributed by atoms with Gasteiger partial charge in [-0.2, -0.15) is 0 Å². The molecule has 0 spiro atoms. The van der Waals surface area contributed by atoms with Crippen LogP contribution < -0.4 is 0 Å². The van der Waals surface area contributed by atoms with Crippen molar-refractivity contribution in [1.29, 1.82) is 0 Å². The molecule has 1 aromatic carbocycles. The highest BCUT2D eigenvalue weighted by Crippen LogP contribution is 2.27. The number of aliphatic hydroxyl groups excluding tert-OH is 1. The van der Waals surface area contributed by atoms with Gasteiger partial charge >= 0.3 is 5.97 Å². The summed E-state index contributed by atoms with van der Waals surface area (Å²) in [5, 5.41) is 18.3. The second kappa shape index (κ2) is 5.67. The van der Waals surface area contributed by atoms with E-state index in [0.717, 1.165) is 0 Å². The van der Waals surface area contributed by atoms with E-state index in [4.69, 9.17) is 9.52 Å². The number of rotatable bonds is 5. The van der Waals surface area contributed by atoms with Crippen molar-refractivity contribution in [3.05, 3.63) is 48.0 Å². The Bertz CT molecular complexity index is 559. The van der Waals surface area contributed by atoms with Crippen LogP contribution in [0.25, 0.3) is 11.3 Å². The third-order valence-corrected chi connectivity index (χ3v) is 2.72. The maximum atomic E-state index is 12.8. The molecule has 0 saturated heterocycles. The number of hydrogen-bond acceptors (Lipinski definition) is 3. The van der Waals surface area contributed by atoms with Crippen molar-refractivity contribution in [2.45, 2.75) is 18.9 Å². The SMILES string of the molecule is O=C(O)CCC(O)c1ccc(-c2ccc(F)cc2)o1. The summed E-state index contributed by atoms with van der Waals surface area (Å²) in [4.78, 5) is 10.4. The third kappa shape index (κ3) is 3.42. The Hall–Kier alpha value is -2.14. The number of hydrogen-bond donors (Lipinski definition) is 2. The van der Waals surface area contributed by atoms with Crippen molar-refractivity contribution in [1.82, 2.24) is 0 Å². The van der Waals surface area contributed by atoms with Gasteiger partial charge in [-0.05, 0) is 42.8 Å². The topological polar surface area (TPSA) is 70.7 Å². The summed E-state index contributed by atoms with van der Waals surface area (Å²) in [5.74, 6) is -0.494. The third-order valence-electron chi connectivity index (χ3n) is 2.72. The Labute approximate surface area is 109 Å². The molecule has 1 heterocycles. The molecule has 0 radical (unpaired) electrons. The monoisotopic (exact) mass is 264 g/mol. The van der Waals surface area contributed by atoms with Gasteiger partial charge in [0, 0.05) is 12.0 Å². The average molecular weight is 264 g/mol. The smallest absolute Gasteiger partial charge is 0.303 e. The van der Waals surface area contributed by atoms with Crippen LogP contribution in [0.5, 0.6) is 0 Å². The van der Waals surface area contributed by atoms with Gasteiger partial charge in [-0.15, -0.1) is 0 Å². The lowest BCUT2D eigenvalue weighted by Crippen LogP contribution is -2.01. The van der Waals surface area contributed by atoms with Gasteiger partial charge in [0.15, 0.2) is 0 Å². The van der Waals surface area contributed by atoms with E-state index in [-0.39, 0.29) is 18.7 Å². The number of benzene rings is 1. The zero-order chi connectivity index (χ0) is 13.8. The van der Waals surface area contributed by atoms with E-state index in [1.165, 1.54) is 12.1 Å². The number of carbonyl (C=O) groups is 1. The molecule has 0 aliphatic heterocycles. The molecular formula is C14H13FO4. The Morgan fingerprint density at radius 1 is 1.21 bits per heavy atom. The van der Waals surface area contributed by atoms with Crippen LogP contribution in [0.4, 0.5) is 4.39 Å². The van der Waals surface area contributed by atoms with Gasteiger partial charge in [-0.25, -0.2) is 4.39 Å². The van der Waals surface area contributed by atoms with E-state index >= 15 is 0 Å². The molecule has 19 heavy (non-hydrogen) atoms. The van der Waals surface area contributed by atoms with Crippen molar-refractivity contribution in [2.24, 2.45) is 0 Å². The average Bonchev–Trinajstić information content (AvgIpc) is 2.86. The van der Waals surface area contributed by atoms with E-state index in [1.54, 1.807) is 24.3 Å². The number of aliphatic hydroxyl groups is 1. The summed E-state index contributed by atoms with van der Waals surface area (Å²) >= 11 is 0. The molecule has 0 amide bonds. The van der Waals surface area contributed by atoms with Gasteiger partial charge in [-0.1, -0.05) is 0 Å². The summed E-state index contributed by atoms with van der Waals surface area (Å²) in [6.07, 6.45) is -0.996. The predicted octanol–water partition coefficient (Wildman–Crippen LogP) is 2.98. The Kier molecular flexibility index (Phi) is 3.97. The van der Waals surface area contributed by atoms with E-state index in [0.29, 0.717) is 17.1 Å². The largest absolute Gasteiger partial charge is 0.481 e. The van der Waals surface area contributed by atoms with Gasteiger partial charge in [0.25, 0.3) is 0 Å². The number of carboxylic acid groups (broad SMARTS) is 1. The van der Waals surface area contributed by atoms with Crippen molar-refractivity contribution >= 4 is 5.97 Å². The Balaban J connectivity index is 2.10. The van der Waals surface area contributed by atoms with E-state index in [2.05, 4.69) is 0 Å². The first-order valence-electron chi connectivity index (χ1n) is 5.82. The highest BCUT2D eigenvalue weighted by Gasteiger charge is 2.14. The van der Waals surface area contributed by atoms with Gasteiger partial charge < -0.3 is 14.6 Å². The molecule has 0 bridgehead atoms. The normalized spacial score (nSPS) is 12.3. The van der Waals surface area contributed by atoms with Gasteiger partial charge in [0.2, 0.25) is 0 Å². The van der Waals surface area contributed by atoms with Crippen molar-refractivity contribution < 1.29 is 23.8 Å². The lowest BCUT2D eigenvalue weighted by Gasteiger charge is -2.05. The summed E-state index contributed by atoms with van der Waals surface area (Å²) in [5.41, 5.74) is 0.693. The summed E-state index contributed by atoms with van der Waals surface area (Å²) in [6.45, 7) is 0. The van der Waals surface area contributed by atoms with Gasteiger partial charge in [-0.3, -0.25) is 4.79 Å². The Morgan fingerprint density at radius 3 is 2.53 bits per heavy atom. The van der Waals surface area contributed by atoms with Gasteiger partial charge in [0.1, 0.15) is 23.4 Å². The van der Waals surface area contributed by atoms with Crippen LogP contribution in [0.3, 0.4) is 0 Å². The molecule has 5 heteroatoms. The molecule has 1 atom stereocenters. The van der Waals surface area contributed by atoms with Crippen molar-refractivity contribution in [3.63, 3.8) is 0 Å². The number of furan rings is 1. The minimum atomic E-state index is -0.968. The lowest BCUT2D eigenvalue weighted by atomic mass is 10.1. The molecule has 1 unspecified atom stereocenters. The second-order valence-electron chi connectivity index (χ2n) is 4.16. The van der Waals surface area contributed by atoms with Crippen LogP contribution >= 0.6 is 0 Å². The van der Waals surface area contributed by atoms with Crippen LogP contribution in [0.1, 0.15) is 24.7 Å². The first-order chi connectivity index (χ1) is 9.06. The highest BCUT2D eigenvalue weighted by atomic mass is 19.1. The summed E-state index contributed by atoms with van der Waals surface area (Å²) < 4.78 is 18.2. The molecule has 4 nitrogen and oxygen atoms in total. The molecule has 0 saturated carbocycles. The molecule has 2 aromatic rings. The second-order valence-corrected chi connectivity index (χ2v) is 4.16.